The van der Waals surface area contributed by atoms with Gasteiger partial charge in [0.15, 0.2) is 5.82 Å². The van der Waals surface area contributed by atoms with E-state index in [2.05, 4.69) is 74.7 Å². The second-order valence-corrected chi connectivity index (χ2v) is 7.90. The van der Waals surface area contributed by atoms with Crippen molar-refractivity contribution >= 4 is 17.2 Å². The molecule has 7 heteroatoms. The maximum absolute atomic E-state index is 4.75. The summed E-state index contributed by atoms with van der Waals surface area (Å²) in [5.74, 6) is 1.44. The zero-order valence-corrected chi connectivity index (χ0v) is 18.1. The van der Waals surface area contributed by atoms with E-state index in [1.165, 1.54) is 11.3 Å². The van der Waals surface area contributed by atoms with E-state index < -0.39 is 0 Å². The molecule has 3 N–H and O–H groups in total. The number of aromatic amines is 1. The topological polar surface area (TPSA) is 81.8 Å². The first-order valence-corrected chi connectivity index (χ1v) is 10.5. The van der Waals surface area contributed by atoms with Gasteiger partial charge in [-0.2, -0.15) is 5.10 Å². The highest BCUT2D eigenvalue weighted by molar-refractivity contribution is 5.71. The smallest absolute Gasteiger partial charge is 0.161 e. The van der Waals surface area contributed by atoms with Crippen LogP contribution >= 0.6 is 0 Å². The van der Waals surface area contributed by atoms with E-state index in [1.54, 1.807) is 6.20 Å². The molecule has 0 saturated heterocycles. The molecule has 5 rings (SSSR count). The van der Waals surface area contributed by atoms with Gasteiger partial charge < -0.3 is 15.5 Å². The molecule has 1 aliphatic rings. The van der Waals surface area contributed by atoms with Gasteiger partial charge in [0, 0.05) is 61.1 Å². The van der Waals surface area contributed by atoms with Crippen LogP contribution in [0.4, 0.5) is 17.2 Å². The van der Waals surface area contributed by atoms with E-state index >= 15 is 0 Å². The highest BCUT2D eigenvalue weighted by Crippen LogP contribution is 2.35. The Kier molecular flexibility index (Phi) is 5.07. The van der Waals surface area contributed by atoms with E-state index in [4.69, 9.17) is 4.98 Å². The van der Waals surface area contributed by atoms with Gasteiger partial charge >= 0.3 is 0 Å². The van der Waals surface area contributed by atoms with E-state index in [1.807, 2.05) is 37.6 Å². The SMILES string of the molecule is C=C(NC)C1Cc2ccc(-c3nccc(Nc4ccc(-c5cn[nH]c5)cc4)n3)cc2N1C. The number of rotatable bonds is 6. The fourth-order valence-electron chi connectivity index (χ4n) is 4.11. The summed E-state index contributed by atoms with van der Waals surface area (Å²) in [4.78, 5) is 11.5. The molecule has 4 aromatic rings. The predicted octanol–water partition coefficient (Wildman–Crippen LogP) is 4.37. The number of nitrogens with one attached hydrogen (secondary N) is 3. The number of aromatic nitrogens is 4. The Bertz CT molecular complexity index is 1250. The average molecular weight is 424 g/mol. The lowest BCUT2D eigenvalue weighted by Crippen LogP contribution is -2.33. The lowest BCUT2D eigenvalue weighted by atomic mass is 10.1. The molecule has 1 aliphatic heterocycles. The van der Waals surface area contributed by atoms with Gasteiger partial charge in [-0.05, 0) is 35.4 Å². The third-order valence-electron chi connectivity index (χ3n) is 5.97. The summed E-state index contributed by atoms with van der Waals surface area (Å²) in [6.07, 6.45) is 6.42. The Labute approximate surface area is 187 Å². The van der Waals surface area contributed by atoms with Crippen molar-refractivity contribution in [3.05, 3.63) is 85.0 Å². The van der Waals surface area contributed by atoms with Gasteiger partial charge in [0.25, 0.3) is 0 Å². The number of likely N-dealkylation sites (N-methyl/N-ethyl adjacent to an activating group) is 2. The molecule has 1 unspecified atom stereocenters. The van der Waals surface area contributed by atoms with Crippen LogP contribution in [0, 0.1) is 0 Å². The van der Waals surface area contributed by atoms with Gasteiger partial charge in [-0.25, -0.2) is 9.97 Å². The number of fused-ring (bicyclic) bond motifs is 1. The highest BCUT2D eigenvalue weighted by atomic mass is 15.2. The van der Waals surface area contributed by atoms with Crippen LogP contribution in [0.2, 0.25) is 0 Å². The molecule has 0 amide bonds. The summed E-state index contributed by atoms with van der Waals surface area (Å²) < 4.78 is 0. The molecule has 2 aromatic heterocycles. The largest absolute Gasteiger partial charge is 0.390 e. The Hall–Kier alpha value is -4.13. The summed E-state index contributed by atoms with van der Waals surface area (Å²) in [6, 6.07) is 16.7. The average Bonchev–Trinajstić information content (AvgIpc) is 3.48. The molecule has 0 aliphatic carbocycles. The van der Waals surface area contributed by atoms with Crippen LogP contribution in [0.5, 0.6) is 0 Å². The number of anilines is 3. The summed E-state index contributed by atoms with van der Waals surface area (Å²) >= 11 is 0. The van der Waals surface area contributed by atoms with Gasteiger partial charge in [-0.3, -0.25) is 5.10 Å². The molecule has 160 valence electrons. The molecule has 7 nitrogen and oxygen atoms in total. The molecule has 0 bridgehead atoms. The lowest BCUT2D eigenvalue weighted by molar-refractivity contribution is 0.706. The van der Waals surface area contributed by atoms with Crippen LogP contribution in [0.1, 0.15) is 5.56 Å². The monoisotopic (exact) mass is 423 g/mol. The normalized spacial score (nSPS) is 14.8. The zero-order chi connectivity index (χ0) is 22.1. The molecule has 32 heavy (non-hydrogen) atoms. The minimum atomic E-state index is 0.254. The number of H-pyrrole nitrogens is 1. The maximum atomic E-state index is 4.75. The van der Waals surface area contributed by atoms with Gasteiger partial charge in [0.05, 0.1) is 12.2 Å². The minimum Gasteiger partial charge on any atom is -0.390 e. The van der Waals surface area contributed by atoms with Crippen LogP contribution < -0.4 is 15.5 Å². The summed E-state index contributed by atoms with van der Waals surface area (Å²) in [5.41, 5.74) is 7.64. The van der Waals surface area contributed by atoms with E-state index in [0.29, 0.717) is 5.82 Å². The molecule has 0 spiro atoms. The molecule has 0 saturated carbocycles. The highest BCUT2D eigenvalue weighted by Gasteiger charge is 2.28. The van der Waals surface area contributed by atoms with Crippen LogP contribution in [0.25, 0.3) is 22.5 Å². The first-order valence-electron chi connectivity index (χ1n) is 10.5. The summed E-state index contributed by atoms with van der Waals surface area (Å²) in [5, 5.41) is 13.4. The number of hydrogen-bond acceptors (Lipinski definition) is 6. The Morgan fingerprint density at radius 3 is 2.66 bits per heavy atom. The van der Waals surface area contributed by atoms with Crippen molar-refractivity contribution in [2.75, 3.05) is 24.3 Å². The van der Waals surface area contributed by atoms with Gasteiger partial charge in [-0.1, -0.05) is 30.8 Å². The number of nitrogens with zero attached hydrogens (tertiary/aromatic N) is 4. The number of hydrogen-bond donors (Lipinski definition) is 3. The first-order chi connectivity index (χ1) is 15.6. The predicted molar refractivity (Wildman–Crippen MR) is 129 cm³/mol. The van der Waals surface area contributed by atoms with Gasteiger partial charge in [0.2, 0.25) is 0 Å². The quantitative estimate of drug-likeness (QED) is 0.427. The molecule has 2 aromatic carbocycles. The van der Waals surface area contributed by atoms with Crippen LogP contribution in [-0.4, -0.2) is 40.3 Å². The molecule has 0 fully saturated rings. The Morgan fingerprint density at radius 1 is 1.09 bits per heavy atom. The van der Waals surface area contributed by atoms with Crippen molar-refractivity contribution in [1.29, 1.82) is 0 Å². The third-order valence-corrected chi connectivity index (χ3v) is 5.97. The Morgan fingerprint density at radius 2 is 1.91 bits per heavy atom. The van der Waals surface area contributed by atoms with Gasteiger partial charge in [0.1, 0.15) is 5.82 Å². The standard InChI is InChI=1S/C25H25N7/c1-16(26-2)22-12-18-4-5-19(13-23(18)32(22)3)25-27-11-10-24(31-25)30-21-8-6-17(7-9-21)20-14-28-29-15-20/h4-11,13-15,22,26H,1,12H2,2-3H3,(H,28,29)(H,27,30,31). The Balaban J connectivity index is 1.36. The first kappa shape index (κ1) is 19.8. The van der Waals surface area contributed by atoms with Crippen molar-refractivity contribution in [1.82, 2.24) is 25.5 Å². The molecule has 3 heterocycles. The molecular weight excluding hydrogens is 398 g/mol. The van der Waals surface area contributed by atoms with E-state index in [-0.39, 0.29) is 6.04 Å². The fourth-order valence-corrected chi connectivity index (χ4v) is 4.11. The van der Waals surface area contributed by atoms with Crippen LogP contribution in [0.3, 0.4) is 0 Å². The van der Waals surface area contributed by atoms with E-state index in [0.717, 1.165) is 40.3 Å². The second kappa shape index (κ2) is 8.19. The van der Waals surface area contributed by atoms with Crippen molar-refractivity contribution in [3.8, 4) is 22.5 Å². The number of benzene rings is 2. The lowest BCUT2D eigenvalue weighted by Gasteiger charge is -2.24. The molecule has 1 atom stereocenters. The second-order valence-electron chi connectivity index (χ2n) is 7.90. The molecular formula is C25H25N7. The van der Waals surface area contributed by atoms with Gasteiger partial charge in [-0.15, -0.1) is 0 Å². The summed E-state index contributed by atoms with van der Waals surface area (Å²) in [7, 11) is 4.02. The maximum Gasteiger partial charge on any atom is 0.161 e. The molecule has 0 radical (unpaired) electrons. The minimum absolute atomic E-state index is 0.254. The summed E-state index contributed by atoms with van der Waals surface area (Å²) in [6.45, 7) is 4.15. The van der Waals surface area contributed by atoms with Crippen molar-refractivity contribution in [2.45, 2.75) is 12.5 Å². The zero-order valence-electron chi connectivity index (χ0n) is 18.1. The van der Waals surface area contributed by atoms with E-state index in [9.17, 15) is 0 Å². The third kappa shape index (κ3) is 3.69. The van der Waals surface area contributed by atoms with Crippen molar-refractivity contribution in [2.24, 2.45) is 0 Å². The van der Waals surface area contributed by atoms with Crippen molar-refractivity contribution < 1.29 is 0 Å². The van der Waals surface area contributed by atoms with Crippen LogP contribution in [0.15, 0.2) is 79.4 Å². The fraction of sp³-hybridized carbons (Fsp3) is 0.160. The van der Waals surface area contributed by atoms with Crippen molar-refractivity contribution in [3.63, 3.8) is 0 Å². The van der Waals surface area contributed by atoms with Crippen LogP contribution in [-0.2, 0) is 6.42 Å².